The van der Waals surface area contributed by atoms with Crippen LogP contribution >= 0.6 is 0 Å². The van der Waals surface area contributed by atoms with E-state index in [1.807, 2.05) is 0 Å². The third-order valence-corrected chi connectivity index (χ3v) is 1.41. The molecule has 0 atom stereocenters. The van der Waals surface area contributed by atoms with Crippen molar-refractivity contribution in [1.29, 1.82) is 0 Å². The predicted molar refractivity (Wildman–Crippen MR) is 47.3 cm³/mol. The molecule has 0 aliphatic rings. The molecule has 0 radical (unpaired) electrons. The molecule has 1 aromatic rings. The lowest BCUT2D eigenvalue weighted by Gasteiger charge is -2.17. The van der Waals surface area contributed by atoms with E-state index in [0.29, 0.717) is 0 Å². The summed E-state index contributed by atoms with van der Waals surface area (Å²) in [6, 6.07) is -0.292. The summed E-state index contributed by atoms with van der Waals surface area (Å²) in [5.74, 6) is 0. The maximum absolute atomic E-state index is 11.3. The average Bonchev–Trinajstić information content (AvgIpc) is 2.50. The number of amides is 1. The molecular formula is C8H13N3O2. The molecule has 0 aliphatic heterocycles. The van der Waals surface area contributed by atoms with Crippen molar-refractivity contribution in [1.82, 2.24) is 14.9 Å². The average molecular weight is 183 g/mol. The molecule has 13 heavy (non-hydrogen) atoms. The second-order valence-corrected chi connectivity index (χ2v) is 3.44. The van der Waals surface area contributed by atoms with Crippen LogP contribution in [-0.4, -0.2) is 32.8 Å². The van der Waals surface area contributed by atoms with Crippen molar-refractivity contribution in [2.75, 3.05) is 6.54 Å². The first-order valence-corrected chi connectivity index (χ1v) is 3.97. The molecule has 1 amide bonds. The normalized spacial score (nSPS) is 11.3. The van der Waals surface area contributed by atoms with E-state index >= 15 is 0 Å². The number of hydrogen-bond donors (Lipinski definition) is 2. The van der Waals surface area contributed by atoms with Gasteiger partial charge in [0.05, 0.1) is 5.60 Å². The fraction of sp³-hybridized carbons (Fsp3) is 0.500. The van der Waals surface area contributed by atoms with Crippen LogP contribution in [0.2, 0.25) is 0 Å². The van der Waals surface area contributed by atoms with Gasteiger partial charge in [0.1, 0.15) is 6.33 Å². The minimum absolute atomic E-state index is 0.212. The van der Waals surface area contributed by atoms with Crippen molar-refractivity contribution in [3.05, 3.63) is 18.7 Å². The summed E-state index contributed by atoms with van der Waals surface area (Å²) in [5, 5.41) is 11.9. The van der Waals surface area contributed by atoms with E-state index in [9.17, 15) is 9.90 Å². The van der Waals surface area contributed by atoms with E-state index in [-0.39, 0.29) is 12.6 Å². The van der Waals surface area contributed by atoms with Gasteiger partial charge in [0, 0.05) is 18.9 Å². The van der Waals surface area contributed by atoms with Crippen LogP contribution in [0.4, 0.5) is 4.79 Å². The molecule has 0 aliphatic carbocycles. The van der Waals surface area contributed by atoms with E-state index < -0.39 is 5.60 Å². The summed E-state index contributed by atoms with van der Waals surface area (Å²) >= 11 is 0. The smallest absolute Gasteiger partial charge is 0.326 e. The van der Waals surface area contributed by atoms with Crippen molar-refractivity contribution < 1.29 is 9.90 Å². The summed E-state index contributed by atoms with van der Waals surface area (Å²) in [5.41, 5.74) is -0.893. The standard InChI is InChI=1S/C8H13N3O2/c1-8(2,13)5-10-7(12)11-4-3-9-6-11/h3-4,6,13H,5H2,1-2H3,(H,10,12). The van der Waals surface area contributed by atoms with Crippen molar-refractivity contribution in [3.63, 3.8) is 0 Å². The minimum atomic E-state index is -0.893. The molecule has 72 valence electrons. The highest BCUT2D eigenvalue weighted by Crippen LogP contribution is 1.97. The molecule has 0 aromatic carbocycles. The zero-order valence-corrected chi connectivity index (χ0v) is 7.69. The van der Waals surface area contributed by atoms with Gasteiger partial charge >= 0.3 is 6.03 Å². The summed E-state index contributed by atoms with van der Waals surface area (Å²) < 4.78 is 1.31. The highest BCUT2D eigenvalue weighted by atomic mass is 16.3. The molecule has 1 rings (SSSR count). The Morgan fingerprint density at radius 2 is 2.38 bits per heavy atom. The summed E-state index contributed by atoms with van der Waals surface area (Å²) in [4.78, 5) is 15.0. The number of carbonyl (C=O) groups is 1. The number of nitrogens with zero attached hydrogens (tertiary/aromatic N) is 2. The Hall–Kier alpha value is -1.36. The van der Waals surface area contributed by atoms with Crippen LogP contribution in [0, 0.1) is 0 Å². The quantitative estimate of drug-likeness (QED) is 0.688. The van der Waals surface area contributed by atoms with Crippen LogP contribution < -0.4 is 5.32 Å². The lowest BCUT2D eigenvalue weighted by molar-refractivity contribution is 0.0820. The molecule has 5 heteroatoms. The fourth-order valence-corrected chi connectivity index (χ4v) is 0.762. The Bertz CT molecular complexity index is 274. The van der Waals surface area contributed by atoms with Crippen LogP contribution in [0.25, 0.3) is 0 Å². The van der Waals surface area contributed by atoms with Crippen LogP contribution in [0.5, 0.6) is 0 Å². The Kier molecular flexibility index (Phi) is 2.67. The predicted octanol–water partition coefficient (Wildman–Crippen LogP) is 0.212. The Morgan fingerprint density at radius 3 is 2.85 bits per heavy atom. The van der Waals surface area contributed by atoms with Crippen LogP contribution in [0.15, 0.2) is 18.7 Å². The molecule has 0 saturated heterocycles. The van der Waals surface area contributed by atoms with E-state index in [1.54, 1.807) is 20.0 Å². The highest BCUT2D eigenvalue weighted by Gasteiger charge is 2.13. The van der Waals surface area contributed by atoms with Gasteiger partial charge in [-0.15, -0.1) is 0 Å². The number of imidazole rings is 1. The van der Waals surface area contributed by atoms with E-state index in [0.717, 1.165) is 0 Å². The van der Waals surface area contributed by atoms with Crippen molar-refractivity contribution >= 4 is 6.03 Å². The maximum atomic E-state index is 11.3. The number of carbonyl (C=O) groups excluding carboxylic acids is 1. The van der Waals surface area contributed by atoms with Gasteiger partial charge in [0.2, 0.25) is 0 Å². The van der Waals surface area contributed by atoms with Gasteiger partial charge in [-0.2, -0.15) is 0 Å². The topological polar surface area (TPSA) is 67.2 Å². The Morgan fingerprint density at radius 1 is 1.69 bits per heavy atom. The van der Waals surface area contributed by atoms with E-state index in [2.05, 4.69) is 10.3 Å². The molecule has 0 saturated carbocycles. The molecule has 1 aromatic heterocycles. The largest absolute Gasteiger partial charge is 0.389 e. The van der Waals surface area contributed by atoms with E-state index in [4.69, 9.17) is 0 Å². The van der Waals surface area contributed by atoms with Gasteiger partial charge in [-0.25, -0.2) is 9.78 Å². The van der Waals surface area contributed by atoms with Crippen molar-refractivity contribution in [2.45, 2.75) is 19.4 Å². The molecule has 5 nitrogen and oxygen atoms in total. The molecular weight excluding hydrogens is 170 g/mol. The number of nitrogens with one attached hydrogen (secondary N) is 1. The number of hydrogen-bond acceptors (Lipinski definition) is 3. The van der Waals surface area contributed by atoms with Gasteiger partial charge in [-0.3, -0.25) is 4.57 Å². The van der Waals surface area contributed by atoms with Gasteiger partial charge < -0.3 is 10.4 Å². The van der Waals surface area contributed by atoms with Crippen LogP contribution in [0.1, 0.15) is 13.8 Å². The second-order valence-electron chi connectivity index (χ2n) is 3.44. The van der Waals surface area contributed by atoms with E-state index in [1.165, 1.54) is 17.1 Å². The lowest BCUT2D eigenvalue weighted by atomic mass is 10.1. The van der Waals surface area contributed by atoms with Crippen LogP contribution in [0.3, 0.4) is 0 Å². The summed E-state index contributed by atoms with van der Waals surface area (Å²) in [6.45, 7) is 3.46. The number of aromatic nitrogens is 2. The highest BCUT2D eigenvalue weighted by molar-refractivity contribution is 5.76. The van der Waals surface area contributed by atoms with Gasteiger partial charge in [-0.05, 0) is 13.8 Å². The zero-order chi connectivity index (χ0) is 9.90. The minimum Gasteiger partial charge on any atom is -0.389 e. The maximum Gasteiger partial charge on any atom is 0.326 e. The van der Waals surface area contributed by atoms with Crippen molar-refractivity contribution in [2.24, 2.45) is 0 Å². The molecule has 0 bridgehead atoms. The second kappa shape index (κ2) is 3.57. The molecule has 0 fully saturated rings. The SMILES string of the molecule is CC(C)(O)CNC(=O)n1ccnc1. The Labute approximate surface area is 76.4 Å². The van der Waals surface area contributed by atoms with Gasteiger partial charge in [-0.1, -0.05) is 0 Å². The number of aliphatic hydroxyl groups is 1. The lowest BCUT2D eigenvalue weighted by Crippen LogP contribution is -2.39. The molecule has 0 unspecified atom stereocenters. The molecule has 0 spiro atoms. The summed E-state index contributed by atoms with van der Waals surface area (Å²) in [6.07, 6.45) is 4.46. The van der Waals surface area contributed by atoms with Crippen molar-refractivity contribution in [3.8, 4) is 0 Å². The Balaban J connectivity index is 2.44. The van der Waals surface area contributed by atoms with Gasteiger partial charge in [0.25, 0.3) is 0 Å². The molecule has 2 N–H and O–H groups in total. The van der Waals surface area contributed by atoms with Gasteiger partial charge in [0.15, 0.2) is 0 Å². The molecule has 1 heterocycles. The van der Waals surface area contributed by atoms with Crippen LogP contribution in [-0.2, 0) is 0 Å². The first-order valence-electron chi connectivity index (χ1n) is 3.97. The third-order valence-electron chi connectivity index (χ3n) is 1.41. The summed E-state index contributed by atoms with van der Waals surface area (Å²) in [7, 11) is 0. The zero-order valence-electron chi connectivity index (χ0n) is 7.69. The fourth-order valence-electron chi connectivity index (χ4n) is 0.762. The first-order chi connectivity index (χ1) is 5.99. The third kappa shape index (κ3) is 3.25. The monoisotopic (exact) mass is 183 g/mol. The first kappa shape index (κ1) is 9.73. The number of rotatable bonds is 2.